The first-order valence-corrected chi connectivity index (χ1v) is 9.39. The van der Waals surface area contributed by atoms with E-state index < -0.39 is 15.8 Å². The van der Waals surface area contributed by atoms with Crippen molar-refractivity contribution in [2.45, 2.75) is 37.6 Å². The molecule has 0 aliphatic rings. The van der Waals surface area contributed by atoms with E-state index in [9.17, 15) is 12.8 Å². The molecular formula is C19H24FNO3S. The van der Waals surface area contributed by atoms with Crippen LogP contribution in [0.3, 0.4) is 0 Å². The van der Waals surface area contributed by atoms with Gasteiger partial charge in [-0.3, -0.25) is 0 Å². The molecule has 0 saturated carbocycles. The highest BCUT2D eigenvalue weighted by Crippen LogP contribution is 2.25. The molecule has 4 nitrogen and oxygen atoms in total. The summed E-state index contributed by atoms with van der Waals surface area (Å²) in [5.74, 6) is -0.689. The van der Waals surface area contributed by atoms with Crippen LogP contribution in [0, 0.1) is 5.82 Å². The van der Waals surface area contributed by atoms with E-state index in [4.69, 9.17) is 4.74 Å². The van der Waals surface area contributed by atoms with Crippen molar-refractivity contribution in [1.29, 1.82) is 0 Å². The summed E-state index contributed by atoms with van der Waals surface area (Å²) in [5.41, 5.74) is 2.09. The van der Waals surface area contributed by atoms with Crippen LogP contribution in [0.4, 0.5) is 4.39 Å². The molecule has 0 fully saturated rings. The van der Waals surface area contributed by atoms with E-state index in [1.54, 1.807) is 0 Å². The highest BCUT2D eigenvalue weighted by atomic mass is 32.2. The lowest BCUT2D eigenvalue weighted by Gasteiger charge is -2.21. The summed E-state index contributed by atoms with van der Waals surface area (Å²) in [7, 11) is -0.971. The second-order valence-corrected chi connectivity index (χ2v) is 9.05. The molecule has 0 heterocycles. The molecule has 2 rings (SSSR count). The fourth-order valence-corrected chi connectivity index (χ4v) is 3.61. The zero-order valence-corrected chi connectivity index (χ0v) is 16.0. The van der Waals surface area contributed by atoms with Crippen molar-refractivity contribution in [3.05, 3.63) is 59.4 Å². The van der Waals surface area contributed by atoms with Gasteiger partial charge < -0.3 is 4.74 Å². The molecule has 6 heteroatoms. The van der Waals surface area contributed by atoms with Crippen LogP contribution in [0.15, 0.2) is 47.4 Å². The lowest BCUT2D eigenvalue weighted by molar-refractivity contribution is 0.385. The second kappa shape index (κ2) is 7.14. The maximum absolute atomic E-state index is 13.8. The van der Waals surface area contributed by atoms with Crippen LogP contribution in [0.2, 0.25) is 0 Å². The van der Waals surface area contributed by atoms with E-state index in [2.05, 4.69) is 20.8 Å². The monoisotopic (exact) mass is 365 g/mol. The number of methoxy groups -OCH3 is 1. The molecule has 0 amide bonds. The molecule has 0 spiro atoms. The number of halogens is 1. The van der Waals surface area contributed by atoms with E-state index in [0.717, 1.165) is 11.6 Å². The molecule has 0 aromatic heterocycles. The van der Waals surface area contributed by atoms with Gasteiger partial charge in [0.1, 0.15) is 0 Å². The van der Waals surface area contributed by atoms with Crippen molar-refractivity contribution in [3.8, 4) is 5.75 Å². The zero-order valence-electron chi connectivity index (χ0n) is 15.2. The number of ether oxygens (including phenoxy) is 1. The lowest BCUT2D eigenvalue weighted by Crippen LogP contribution is -2.26. The van der Waals surface area contributed by atoms with Crippen molar-refractivity contribution < 1.29 is 17.5 Å². The standard InChI is InChI=1S/C19H24FNO3S/c1-19(2,3)15-8-6-14(7-9-15)13-21(4)25(22,23)16-10-11-18(24-5)17(20)12-16/h6-12H,13H2,1-5H3. The van der Waals surface area contributed by atoms with Gasteiger partial charge >= 0.3 is 0 Å². The molecule has 0 bridgehead atoms. The van der Waals surface area contributed by atoms with Crippen LogP contribution < -0.4 is 4.74 Å². The molecule has 0 N–H and O–H groups in total. The van der Waals surface area contributed by atoms with Crippen molar-refractivity contribution in [1.82, 2.24) is 4.31 Å². The Bertz CT molecular complexity index is 840. The van der Waals surface area contributed by atoms with Gasteiger partial charge in [-0.25, -0.2) is 12.8 Å². The van der Waals surface area contributed by atoms with Gasteiger partial charge in [0.2, 0.25) is 10.0 Å². The van der Waals surface area contributed by atoms with Gasteiger partial charge in [-0.05, 0) is 34.7 Å². The fourth-order valence-electron chi connectivity index (χ4n) is 2.44. The molecular weight excluding hydrogens is 341 g/mol. The predicted octanol–water partition coefficient (Wildman–Crippen LogP) is 3.95. The zero-order chi connectivity index (χ0) is 18.8. The SMILES string of the molecule is COc1ccc(S(=O)(=O)N(C)Cc2ccc(C(C)(C)C)cc2)cc1F. The van der Waals surface area contributed by atoms with Crippen LogP contribution in [0.5, 0.6) is 5.75 Å². The maximum Gasteiger partial charge on any atom is 0.243 e. The Morgan fingerprint density at radius 2 is 1.68 bits per heavy atom. The van der Waals surface area contributed by atoms with E-state index >= 15 is 0 Å². The minimum absolute atomic E-state index is 0.0133. The van der Waals surface area contributed by atoms with Crippen LogP contribution in [0.1, 0.15) is 31.9 Å². The summed E-state index contributed by atoms with van der Waals surface area (Å²) >= 11 is 0. The second-order valence-electron chi connectivity index (χ2n) is 7.00. The third-order valence-electron chi connectivity index (χ3n) is 4.06. The summed E-state index contributed by atoms with van der Waals surface area (Å²) in [4.78, 5) is -0.0976. The Balaban J connectivity index is 2.21. The van der Waals surface area contributed by atoms with E-state index in [0.29, 0.717) is 0 Å². The molecule has 2 aromatic carbocycles. The van der Waals surface area contributed by atoms with Crippen molar-refractivity contribution in [3.63, 3.8) is 0 Å². The first-order chi connectivity index (χ1) is 11.6. The first-order valence-electron chi connectivity index (χ1n) is 7.95. The smallest absolute Gasteiger partial charge is 0.243 e. The molecule has 136 valence electrons. The molecule has 25 heavy (non-hydrogen) atoms. The quantitative estimate of drug-likeness (QED) is 0.806. The summed E-state index contributed by atoms with van der Waals surface area (Å²) in [6.07, 6.45) is 0. The number of sulfonamides is 1. The van der Waals surface area contributed by atoms with Gasteiger partial charge in [0.25, 0.3) is 0 Å². The molecule has 2 aromatic rings. The van der Waals surface area contributed by atoms with Crippen LogP contribution in [-0.4, -0.2) is 26.9 Å². The van der Waals surface area contributed by atoms with Crippen LogP contribution >= 0.6 is 0 Å². The van der Waals surface area contributed by atoms with Gasteiger partial charge in [-0.2, -0.15) is 4.31 Å². The van der Waals surface area contributed by atoms with Crippen molar-refractivity contribution >= 4 is 10.0 Å². The van der Waals surface area contributed by atoms with E-state index in [1.165, 1.54) is 36.2 Å². The van der Waals surface area contributed by atoms with Crippen molar-refractivity contribution in [2.24, 2.45) is 0 Å². The Labute approximate surface area is 149 Å². The van der Waals surface area contributed by atoms with Gasteiger partial charge in [0.05, 0.1) is 12.0 Å². The maximum atomic E-state index is 13.8. The number of nitrogens with zero attached hydrogens (tertiary/aromatic N) is 1. The fraction of sp³-hybridized carbons (Fsp3) is 0.368. The summed E-state index contributed by atoms with van der Waals surface area (Å²) in [6, 6.07) is 11.5. The Morgan fingerprint density at radius 3 is 2.16 bits per heavy atom. The van der Waals surface area contributed by atoms with E-state index in [-0.39, 0.29) is 22.6 Å². The summed E-state index contributed by atoms with van der Waals surface area (Å²) in [6.45, 7) is 6.57. The number of benzene rings is 2. The molecule has 0 saturated heterocycles. The van der Waals surface area contributed by atoms with E-state index in [1.807, 2.05) is 24.3 Å². The number of rotatable bonds is 5. The summed E-state index contributed by atoms with van der Waals surface area (Å²) < 4.78 is 45.1. The minimum Gasteiger partial charge on any atom is -0.494 e. The normalized spacial score (nSPS) is 12.4. The van der Waals surface area contributed by atoms with Crippen molar-refractivity contribution in [2.75, 3.05) is 14.2 Å². The number of hydrogen-bond donors (Lipinski definition) is 0. The average Bonchev–Trinajstić information content (AvgIpc) is 2.54. The largest absolute Gasteiger partial charge is 0.494 e. The first kappa shape index (κ1) is 19.4. The van der Waals surface area contributed by atoms with Crippen LogP contribution in [0.25, 0.3) is 0 Å². The third-order valence-corrected chi connectivity index (χ3v) is 5.86. The average molecular weight is 365 g/mol. The molecule has 0 aliphatic heterocycles. The molecule has 0 aliphatic carbocycles. The topological polar surface area (TPSA) is 46.6 Å². The Hall–Kier alpha value is -1.92. The molecule has 0 unspecified atom stereocenters. The molecule has 0 atom stereocenters. The van der Waals surface area contributed by atoms with Crippen LogP contribution in [-0.2, 0) is 22.0 Å². The molecule has 0 radical (unpaired) electrons. The number of hydrogen-bond acceptors (Lipinski definition) is 3. The highest BCUT2D eigenvalue weighted by molar-refractivity contribution is 7.89. The minimum atomic E-state index is -3.79. The van der Waals surface area contributed by atoms with Gasteiger partial charge in [0.15, 0.2) is 11.6 Å². The summed E-state index contributed by atoms with van der Waals surface area (Å²) in [5, 5.41) is 0. The van der Waals surface area contributed by atoms with Gasteiger partial charge in [-0.15, -0.1) is 0 Å². The third kappa shape index (κ3) is 4.38. The Morgan fingerprint density at radius 1 is 1.08 bits per heavy atom. The predicted molar refractivity (Wildman–Crippen MR) is 96.7 cm³/mol. The highest BCUT2D eigenvalue weighted by Gasteiger charge is 2.23. The lowest BCUT2D eigenvalue weighted by atomic mass is 9.87. The Kier molecular flexibility index (Phi) is 5.54. The van der Waals surface area contributed by atoms with Gasteiger partial charge in [-0.1, -0.05) is 45.0 Å². The van der Waals surface area contributed by atoms with Gasteiger partial charge in [0, 0.05) is 13.6 Å².